The van der Waals surface area contributed by atoms with Crippen LogP contribution in [0.2, 0.25) is 10.0 Å². The van der Waals surface area contributed by atoms with Crippen LogP contribution >= 0.6 is 23.2 Å². The third-order valence-corrected chi connectivity index (χ3v) is 5.64. The summed E-state index contributed by atoms with van der Waals surface area (Å²) in [5.41, 5.74) is 4.17. The van der Waals surface area contributed by atoms with E-state index in [1.807, 2.05) is 0 Å². The third-order valence-electron chi connectivity index (χ3n) is 4.90. The lowest BCUT2D eigenvalue weighted by molar-refractivity contribution is -0.689. The van der Waals surface area contributed by atoms with Gasteiger partial charge in [-0.05, 0) is 31.5 Å². The van der Waals surface area contributed by atoms with Gasteiger partial charge in [0.2, 0.25) is 5.78 Å². The topological polar surface area (TPSA) is 25.9 Å². The van der Waals surface area contributed by atoms with E-state index in [0.29, 0.717) is 22.2 Å². The van der Waals surface area contributed by atoms with E-state index in [-0.39, 0.29) is 22.8 Å². The minimum atomic E-state index is 0. The summed E-state index contributed by atoms with van der Waals surface area (Å²) >= 11 is 12.0. The predicted molar refractivity (Wildman–Crippen MR) is 104 cm³/mol. The molecule has 4 rings (SSSR count). The number of fused-ring (bicyclic) bond motifs is 1. The molecule has 27 heavy (non-hydrogen) atoms. The Labute approximate surface area is 179 Å². The Bertz CT molecular complexity index is 996. The summed E-state index contributed by atoms with van der Waals surface area (Å²) in [4.78, 5) is 12.7. The van der Waals surface area contributed by atoms with Gasteiger partial charge < -0.3 is 17.0 Å². The molecule has 140 valence electrons. The standard InChI is InChI=1S/C21H19Cl2N2O.BrH/c1-14-4-6-15(7-5-14)19-12-24(21-3-2-10-25(19)21)13-20(26)16-8-9-17(22)18(23)11-16;/h4-9,11-12H,2-3,10,13H2,1H3;1H/q+1;/p-1. The Kier molecular flexibility index (Phi) is 6.09. The van der Waals surface area contributed by atoms with Crippen molar-refractivity contribution in [2.75, 3.05) is 0 Å². The number of hydrogen-bond donors (Lipinski definition) is 0. The van der Waals surface area contributed by atoms with Gasteiger partial charge in [-0.2, -0.15) is 0 Å². The fourth-order valence-corrected chi connectivity index (χ4v) is 3.81. The molecule has 2 heterocycles. The maximum Gasteiger partial charge on any atom is 0.257 e. The van der Waals surface area contributed by atoms with Gasteiger partial charge in [0.25, 0.3) is 5.82 Å². The lowest BCUT2D eigenvalue weighted by atomic mass is 10.1. The van der Waals surface area contributed by atoms with Gasteiger partial charge in [-0.3, -0.25) is 4.79 Å². The minimum Gasteiger partial charge on any atom is -1.00 e. The van der Waals surface area contributed by atoms with Gasteiger partial charge >= 0.3 is 0 Å². The quantitative estimate of drug-likeness (QED) is 0.426. The first-order valence-corrected chi connectivity index (χ1v) is 9.45. The van der Waals surface area contributed by atoms with Crippen molar-refractivity contribution in [1.82, 2.24) is 4.57 Å². The summed E-state index contributed by atoms with van der Waals surface area (Å²) in [5.74, 6) is 1.23. The van der Waals surface area contributed by atoms with E-state index in [4.69, 9.17) is 23.2 Å². The highest BCUT2D eigenvalue weighted by atomic mass is 79.9. The molecule has 2 aromatic carbocycles. The summed E-state index contributed by atoms with van der Waals surface area (Å²) in [6, 6.07) is 13.6. The third kappa shape index (κ3) is 3.98. The smallest absolute Gasteiger partial charge is 0.257 e. The van der Waals surface area contributed by atoms with Gasteiger partial charge in [0.1, 0.15) is 6.20 Å². The Balaban J connectivity index is 0.00000210. The Morgan fingerprint density at radius 3 is 2.56 bits per heavy atom. The van der Waals surface area contributed by atoms with E-state index >= 15 is 0 Å². The van der Waals surface area contributed by atoms with E-state index in [1.165, 1.54) is 22.6 Å². The average molecular weight is 466 g/mol. The molecular formula is C21H19BrCl2N2O. The van der Waals surface area contributed by atoms with Gasteiger partial charge in [0.05, 0.1) is 23.0 Å². The SMILES string of the molecule is Cc1ccc(-c2c[n+](CC(=O)c3ccc(Cl)c(Cl)c3)c3n2CCC3)cc1.[Br-]. The summed E-state index contributed by atoms with van der Waals surface area (Å²) in [5, 5.41) is 0.868. The van der Waals surface area contributed by atoms with Gasteiger partial charge in [-0.1, -0.05) is 53.0 Å². The second-order valence-corrected chi connectivity index (χ2v) is 7.55. The molecule has 3 aromatic rings. The van der Waals surface area contributed by atoms with Crippen LogP contribution in [0.25, 0.3) is 11.3 Å². The summed E-state index contributed by atoms with van der Waals surface area (Å²) in [6.07, 6.45) is 4.19. The number of carbonyl (C=O) groups excluding carboxylic acids is 1. The number of benzene rings is 2. The number of halogens is 3. The van der Waals surface area contributed by atoms with Gasteiger partial charge in [-0.15, -0.1) is 0 Å². The number of carbonyl (C=O) groups is 1. The van der Waals surface area contributed by atoms with Crippen LogP contribution in [0.5, 0.6) is 0 Å². The number of nitrogens with zero attached hydrogens (tertiary/aromatic N) is 2. The van der Waals surface area contributed by atoms with Gasteiger partial charge in [-0.25, -0.2) is 9.13 Å². The fraction of sp³-hybridized carbons (Fsp3) is 0.238. The molecule has 3 nitrogen and oxygen atoms in total. The number of hydrogen-bond acceptors (Lipinski definition) is 1. The molecule has 0 atom stereocenters. The molecule has 0 aliphatic carbocycles. The molecule has 0 saturated carbocycles. The van der Waals surface area contributed by atoms with Crippen LogP contribution in [0.3, 0.4) is 0 Å². The summed E-state index contributed by atoms with van der Waals surface area (Å²) < 4.78 is 4.40. The molecule has 0 amide bonds. The Hall–Kier alpha value is -1.62. The van der Waals surface area contributed by atoms with Crippen LogP contribution in [-0.4, -0.2) is 10.4 Å². The Morgan fingerprint density at radius 2 is 1.85 bits per heavy atom. The highest BCUT2D eigenvalue weighted by Crippen LogP contribution is 2.26. The normalized spacial score (nSPS) is 12.6. The van der Waals surface area contributed by atoms with Crippen LogP contribution < -0.4 is 21.5 Å². The molecule has 1 aliphatic heterocycles. The van der Waals surface area contributed by atoms with Crippen molar-refractivity contribution < 1.29 is 26.3 Å². The molecule has 0 spiro atoms. The highest BCUT2D eigenvalue weighted by Gasteiger charge is 2.29. The fourth-order valence-electron chi connectivity index (χ4n) is 3.52. The molecule has 0 N–H and O–H groups in total. The average Bonchev–Trinajstić information content (AvgIpc) is 3.22. The monoisotopic (exact) mass is 464 g/mol. The van der Waals surface area contributed by atoms with Crippen LogP contribution in [0.15, 0.2) is 48.7 Å². The maximum absolute atomic E-state index is 12.7. The van der Waals surface area contributed by atoms with Crippen LogP contribution in [0.4, 0.5) is 0 Å². The molecule has 0 saturated heterocycles. The zero-order chi connectivity index (χ0) is 18.3. The van der Waals surface area contributed by atoms with E-state index < -0.39 is 0 Å². The molecule has 1 aromatic heterocycles. The second-order valence-electron chi connectivity index (χ2n) is 6.73. The van der Waals surface area contributed by atoms with E-state index in [1.54, 1.807) is 18.2 Å². The van der Waals surface area contributed by atoms with Crippen LogP contribution in [0.1, 0.15) is 28.2 Å². The number of aromatic nitrogens is 2. The first kappa shape index (κ1) is 20.1. The van der Waals surface area contributed by atoms with Gasteiger partial charge in [0.15, 0.2) is 12.2 Å². The zero-order valence-electron chi connectivity index (χ0n) is 14.9. The van der Waals surface area contributed by atoms with Crippen molar-refractivity contribution in [2.24, 2.45) is 0 Å². The lowest BCUT2D eigenvalue weighted by Crippen LogP contribution is -3.00. The summed E-state index contributed by atoms with van der Waals surface area (Å²) in [7, 11) is 0. The van der Waals surface area contributed by atoms with Gasteiger partial charge in [0, 0.05) is 11.1 Å². The van der Waals surface area contributed by atoms with Crippen LogP contribution in [0, 0.1) is 6.92 Å². The molecule has 1 aliphatic rings. The van der Waals surface area contributed by atoms with Crippen LogP contribution in [-0.2, 0) is 19.5 Å². The van der Waals surface area contributed by atoms with Crippen molar-refractivity contribution in [2.45, 2.75) is 32.9 Å². The number of rotatable bonds is 4. The van der Waals surface area contributed by atoms with Crippen molar-refractivity contribution in [3.8, 4) is 11.3 Å². The largest absolute Gasteiger partial charge is 1.00 e. The maximum atomic E-state index is 12.7. The van der Waals surface area contributed by atoms with Crippen molar-refractivity contribution in [3.63, 3.8) is 0 Å². The number of aryl methyl sites for hydroxylation is 1. The van der Waals surface area contributed by atoms with E-state index in [2.05, 4.69) is 46.5 Å². The molecule has 6 heteroatoms. The number of Topliss-reactive ketones (excluding diaryl/α,β-unsaturated/α-hetero) is 1. The number of ketones is 1. The first-order chi connectivity index (χ1) is 12.5. The minimum absolute atomic E-state index is 0. The molecule has 0 bridgehead atoms. The van der Waals surface area contributed by atoms with E-state index in [9.17, 15) is 4.79 Å². The van der Waals surface area contributed by atoms with E-state index in [0.717, 1.165) is 19.4 Å². The molecular weight excluding hydrogens is 447 g/mol. The lowest BCUT2D eigenvalue weighted by Gasteiger charge is -2.02. The first-order valence-electron chi connectivity index (χ1n) is 8.70. The zero-order valence-corrected chi connectivity index (χ0v) is 18.0. The molecule has 0 radical (unpaired) electrons. The summed E-state index contributed by atoms with van der Waals surface area (Å²) in [6.45, 7) is 3.38. The van der Waals surface area contributed by atoms with Crippen molar-refractivity contribution in [1.29, 1.82) is 0 Å². The highest BCUT2D eigenvalue weighted by molar-refractivity contribution is 6.42. The second kappa shape index (κ2) is 8.17. The Morgan fingerprint density at radius 1 is 1.11 bits per heavy atom. The van der Waals surface area contributed by atoms with Crippen molar-refractivity contribution in [3.05, 3.63) is 75.7 Å². The molecule has 0 fully saturated rings. The predicted octanol–water partition coefficient (Wildman–Crippen LogP) is 1.89. The van der Waals surface area contributed by atoms with Crippen molar-refractivity contribution >= 4 is 29.0 Å². The molecule has 0 unspecified atom stereocenters. The number of imidazole rings is 1.